The molecule has 1 amide bonds. The molecule has 124 valence electrons. The molecule has 2 atom stereocenters. The van der Waals surface area contributed by atoms with Crippen molar-refractivity contribution in [1.82, 2.24) is 5.32 Å². The van der Waals surface area contributed by atoms with Crippen molar-refractivity contribution in [3.63, 3.8) is 0 Å². The first-order valence-electron chi connectivity index (χ1n) is 7.13. The molecule has 0 aromatic carbocycles. The smallest absolute Gasteiger partial charge is 0.328 e. The van der Waals surface area contributed by atoms with E-state index in [0.717, 1.165) is 0 Å². The zero-order valence-corrected chi connectivity index (χ0v) is 12.8. The molecule has 1 saturated heterocycles. The van der Waals surface area contributed by atoms with Crippen molar-refractivity contribution in [2.75, 3.05) is 13.2 Å². The van der Waals surface area contributed by atoms with Gasteiger partial charge in [0.1, 0.15) is 6.04 Å². The van der Waals surface area contributed by atoms with Gasteiger partial charge in [-0.3, -0.25) is 9.59 Å². The van der Waals surface area contributed by atoms with Crippen molar-refractivity contribution in [3.8, 4) is 0 Å². The molecule has 0 aliphatic carbocycles. The molecule has 1 fully saturated rings. The van der Waals surface area contributed by atoms with Crippen molar-refractivity contribution < 1.29 is 29.0 Å². The van der Waals surface area contributed by atoms with E-state index in [2.05, 4.69) is 5.32 Å². The highest BCUT2D eigenvalue weighted by Crippen LogP contribution is 2.19. The number of amides is 1. The molecule has 3 N–H and O–H groups in total. The maximum atomic E-state index is 12.1. The summed E-state index contributed by atoms with van der Waals surface area (Å²) in [5, 5.41) is 19.4. The lowest BCUT2D eigenvalue weighted by Crippen LogP contribution is -2.53. The number of nitrogens with one attached hydrogen (secondary N) is 2. The van der Waals surface area contributed by atoms with Crippen LogP contribution in [0.5, 0.6) is 0 Å². The molecular weight excluding hydrogens is 292 g/mol. The molecule has 0 spiro atoms. The van der Waals surface area contributed by atoms with Crippen LogP contribution in [0, 0.1) is 5.41 Å². The largest absolute Gasteiger partial charge is 0.461 e. The van der Waals surface area contributed by atoms with E-state index < -0.39 is 29.3 Å². The summed E-state index contributed by atoms with van der Waals surface area (Å²) in [4.78, 5) is 35.3. The minimum absolute atomic E-state index is 0.00242. The van der Waals surface area contributed by atoms with E-state index in [0.29, 0.717) is 6.21 Å². The third-order valence-corrected chi connectivity index (χ3v) is 3.21. The second-order valence-corrected chi connectivity index (χ2v) is 5.50. The number of ketones is 1. The van der Waals surface area contributed by atoms with Gasteiger partial charge in [-0.1, -0.05) is 0 Å². The van der Waals surface area contributed by atoms with E-state index in [9.17, 15) is 19.5 Å². The standard InChI is InChI=1S/C14H22N2O6/c1-9(2)22-12(18)11(4-3-10(17)7-15)16-13(19)14(20)5-6-21-8-14/h7,9,11,15,20H,3-6,8H2,1-2H3,(H,16,19)/t11-,14?/m0/s1. The van der Waals surface area contributed by atoms with Gasteiger partial charge in [0.05, 0.1) is 25.5 Å². The summed E-state index contributed by atoms with van der Waals surface area (Å²) in [6, 6.07) is -1.05. The molecule has 0 aromatic heterocycles. The van der Waals surface area contributed by atoms with E-state index in [1.165, 1.54) is 0 Å². The molecular formula is C14H22N2O6. The van der Waals surface area contributed by atoms with Crippen LogP contribution in [0.2, 0.25) is 0 Å². The molecule has 1 rings (SSSR count). The Bertz CT molecular complexity index is 443. The molecule has 1 heterocycles. The molecule has 0 radical (unpaired) electrons. The summed E-state index contributed by atoms with van der Waals surface area (Å²) in [6.45, 7) is 3.46. The van der Waals surface area contributed by atoms with Crippen LogP contribution in [0.3, 0.4) is 0 Å². The number of ether oxygens (including phenoxy) is 2. The summed E-state index contributed by atoms with van der Waals surface area (Å²) < 4.78 is 10.0. The Labute approximate surface area is 128 Å². The van der Waals surface area contributed by atoms with E-state index in [1.807, 2.05) is 0 Å². The van der Waals surface area contributed by atoms with Gasteiger partial charge < -0.3 is 25.3 Å². The van der Waals surface area contributed by atoms with Crippen molar-refractivity contribution in [2.45, 2.75) is 50.9 Å². The first kappa shape index (κ1) is 18.2. The van der Waals surface area contributed by atoms with Crippen LogP contribution in [0.1, 0.15) is 33.1 Å². The number of carbonyl (C=O) groups is 3. The van der Waals surface area contributed by atoms with E-state index in [-0.39, 0.29) is 38.6 Å². The first-order valence-corrected chi connectivity index (χ1v) is 7.13. The monoisotopic (exact) mass is 314 g/mol. The van der Waals surface area contributed by atoms with E-state index in [1.54, 1.807) is 13.8 Å². The number of aliphatic hydroxyl groups is 1. The number of hydrogen-bond acceptors (Lipinski definition) is 7. The normalized spacial score (nSPS) is 22.2. The van der Waals surface area contributed by atoms with Gasteiger partial charge in [0.15, 0.2) is 11.4 Å². The topological polar surface area (TPSA) is 126 Å². The number of hydrogen-bond donors (Lipinski definition) is 3. The number of carbonyl (C=O) groups excluding carboxylic acids is 3. The predicted molar refractivity (Wildman–Crippen MR) is 76.6 cm³/mol. The van der Waals surface area contributed by atoms with Gasteiger partial charge in [0.25, 0.3) is 5.91 Å². The van der Waals surface area contributed by atoms with Gasteiger partial charge in [-0.05, 0) is 20.3 Å². The second kappa shape index (κ2) is 8.00. The number of esters is 1. The van der Waals surface area contributed by atoms with Crippen LogP contribution < -0.4 is 5.32 Å². The quantitative estimate of drug-likeness (QED) is 0.412. The predicted octanol–water partition coefficient (Wildman–Crippen LogP) is -0.427. The zero-order chi connectivity index (χ0) is 16.8. The van der Waals surface area contributed by atoms with E-state index in [4.69, 9.17) is 14.9 Å². The molecule has 0 saturated carbocycles. The third kappa shape index (κ3) is 5.19. The SMILES string of the molecule is CC(C)OC(=O)[C@H](CCC(=O)C=N)NC(=O)C1(O)CCOC1. The van der Waals surface area contributed by atoms with Crippen LogP contribution in [0.15, 0.2) is 0 Å². The van der Waals surface area contributed by atoms with Crippen LogP contribution in [0.25, 0.3) is 0 Å². The summed E-state index contributed by atoms with van der Waals surface area (Å²) in [6.07, 6.45) is 0.358. The van der Waals surface area contributed by atoms with Crippen molar-refractivity contribution >= 4 is 23.9 Å². The minimum Gasteiger partial charge on any atom is -0.461 e. The molecule has 1 aliphatic rings. The highest BCUT2D eigenvalue weighted by atomic mass is 16.5. The number of rotatable bonds is 8. The highest BCUT2D eigenvalue weighted by molar-refractivity contribution is 6.26. The average molecular weight is 314 g/mol. The summed E-state index contributed by atoms with van der Waals surface area (Å²) >= 11 is 0. The van der Waals surface area contributed by atoms with Crippen LogP contribution in [0.4, 0.5) is 0 Å². The molecule has 0 bridgehead atoms. The zero-order valence-electron chi connectivity index (χ0n) is 12.8. The Morgan fingerprint density at radius 1 is 1.45 bits per heavy atom. The van der Waals surface area contributed by atoms with Gasteiger partial charge in [0, 0.05) is 12.8 Å². The fourth-order valence-electron chi connectivity index (χ4n) is 1.95. The lowest BCUT2D eigenvalue weighted by atomic mass is 10.0. The Kier molecular flexibility index (Phi) is 6.63. The summed E-state index contributed by atoms with van der Waals surface area (Å²) in [5.41, 5.74) is -1.66. The lowest BCUT2D eigenvalue weighted by Gasteiger charge is -2.24. The van der Waals surface area contributed by atoms with Gasteiger partial charge in [0.2, 0.25) is 0 Å². The Balaban J connectivity index is 2.71. The molecule has 1 aliphatic heterocycles. The Hall–Kier alpha value is -1.80. The Morgan fingerprint density at radius 2 is 2.14 bits per heavy atom. The van der Waals surface area contributed by atoms with E-state index >= 15 is 0 Å². The van der Waals surface area contributed by atoms with Gasteiger partial charge in [-0.15, -0.1) is 0 Å². The van der Waals surface area contributed by atoms with Gasteiger partial charge in [-0.2, -0.15) is 0 Å². The highest BCUT2D eigenvalue weighted by Gasteiger charge is 2.41. The maximum absolute atomic E-state index is 12.1. The molecule has 1 unspecified atom stereocenters. The molecule has 0 aromatic rings. The number of Topliss-reactive ketones (excluding diaryl/α,β-unsaturated/α-hetero) is 1. The third-order valence-electron chi connectivity index (χ3n) is 3.21. The summed E-state index contributed by atoms with van der Waals surface area (Å²) in [5.74, 6) is -1.86. The van der Waals surface area contributed by atoms with Crippen LogP contribution >= 0.6 is 0 Å². The second-order valence-electron chi connectivity index (χ2n) is 5.50. The fraction of sp³-hybridized carbons (Fsp3) is 0.714. The minimum atomic E-state index is -1.66. The van der Waals surface area contributed by atoms with Gasteiger partial charge in [-0.25, -0.2) is 4.79 Å². The summed E-state index contributed by atoms with van der Waals surface area (Å²) in [7, 11) is 0. The molecule has 8 heteroatoms. The van der Waals surface area contributed by atoms with Crippen LogP contribution in [-0.2, 0) is 23.9 Å². The fourth-order valence-corrected chi connectivity index (χ4v) is 1.95. The molecule has 22 heavy (non-hydrogen) atoms. The van der Waals surface area contributed by atoms with Gasteiger partial charge >= 0.3 is 5.97 Å². The van der Waals surface area contributed by atoms with Crippen LogP contribution in [-0.4, -0.2) is 59.9 Å². The molecule has 8 nitrogen and oxygen atoms in total. The van der Waals surface area contributed by atoms with Crippen molar-refractivity contribution in [2.24, 2.45) is 0 Å². The maximum Gasteiger partial charge on any atom is 0.328 e. The first-order chi connectivity index (χ1) is 10.3. The van der Waals surface area contributed by atoms with Crippen molar-refractivity contribution in [3.05, 3.63) is 0 Å². The average Bonchev–Trinajstić information content (AvgIpc) is 2.90. The van der Waals surface area contributed by atoms with Crippen molar-refractivity contribution in [1.29, 1.82) is 5.41 Å². The lowest BCUT2D eigenvalue weighted by molar-refractivity contribution is -0.154. The Morgan fingerprint density at radius 3 is 2.64 bits per heavy atom.